The highest BCUT2D eigenvalue weighted by molar-refractivity contribution is 5.66. The summed E-state index contributed by atoms with van der Waals surface area (Å²) < 4.78 is 47.2. The molecule has 10 atom stereocenters. The van der Waals surface area contributed by atoms with Crippen LogP contribution >= 0.6 is 0 Å². The van der Waals surface area contributed by atoms with Gasteiger partial charge in [0.1, 0.15) is 30.5 Å². The summed E-state index contributed by atoms with van der Waals surface area (Å²) in [6.45, 7) is 12.1. The summed E-state index contributed by atoms with van der Waals surface area (Å²) >= 11 is 0. The lowest BCUT2D eigenvalue weighted by molar-refractivity contribution is -0.341. The van der Waals surface area contributed by atoms with E-state index in [-0.39, 0.29) is 6.10 Å². The van der Waals surface area contributed by atoms with Crippen LogP contribution in [0.25, 0.3) is 0 Å². The van der Waals surface area contributed by atoms with Gasteiger partial charge in [0.25, 0.3) is 0 Å². The molecule has 30 heavy (non-hydrogen) atoms. The van der Waals surface area contributed by atoms with Crippen LogP contribution < -0.4 is 0 Å². The number of esters is 1. The highest BCUT2D eigenvalue weighted by Gasteiger charge is 2.59. The van der Waals surface area contributed by atoms with E-state index in [1.54, 1.807) is 34.6 Å². The molecule has 4 saturated heterocycles. The third-order valence-corrected chi connectivity index (χ3v) is 5.75. The summed E-state index contributed by atoms with van der Waals surface area (Å²) in [5, 5.41) is 10.6. The Morgan fingerprint density at radius 2 is 1.27 bits per heavy atom. The fourth-order valence-corrected chi connectivity index (χ4v) is 4.65. The number of carbonyl (C=O) groups is 1. The molecule has 0 aromatic carbocycles. The number of hydrogen-bond acceptors (Lipinski definition) is 10. The SMILES string of the molecule is CC(=O)O[C@@H]1[C@H](O[C@H]2[C@@H]3OC(C)(C)O[C@@H]3[C@H](C)O[C@@H]2O)O[C@@H](C)[C@H]2OC(C)(C)O[C@@H]12. The van der Waals surface area contributed by atoms with Crippen LogP contribution in [0.1, 0.15) is 48.5 Å². The molecule has 1 N–H and O–H groups in total. The molecule has 10 heteroatoms. The largest absolute Gasteiger partial charge is 0.454 e. The maximum absolute atomic E-state index is 11.8. The van der Waals surface area contributed by atoms with E-state index < -0.39 is 72.9 Å². The van der Waals surface area contributed by atoms with Gasteiger partial charge in [0.15, 0.2) is 30.3 Å². The fourth-order valence-electron chi connectivity index (χ4n) is 4.65. The molecular weight excluding hydrogens is 400 g/mol. The lowest BCUT2D eigenvalue weighted by atomic mass is 9.98. The van der Waals surface area contributed by atoms with Crippen LogP contribution in [0.3, 0.4) is 0 Å². The van der Waals surface area contributed by atoms with Gasteiger partial charge in [-0.25, -0.2) is 0 Å². The molecule has 0 spiro atoms. The molecule has 10 nitrogen and oxygen atoms in total. The smallest absolute Gasteiger partial charge is 0.303 e. The summed E-state index contributed by atoms with van der Waals surface area (Å²) in [7, 11) is 0. The van der Waals surface area contributed by atoms with Gasteiger partial charge in [0.05, 0.1) is 12.2 Å². The molecule has 0 bridgehead atoms. The highest BCUT2D eigenvalue weighted by Crippen LogP contribution is 2.42. The first-order chi connectivity index (χ1) is 13.9. The van der Waals surface area contributed by atoms with Crippen LogP contribution in [-0.2, 0) is 42.7 Å². The van der Waals surface area contributed by atoms with Crippen LogP contribution in [0, 0.1) is 0 Å². The number of ether oxygens (including phenoxy) is 8. The minimum absolute atomic E-state index is 0.390. The van der Waals surface area contributed by atoms with Crippen molar-refractivity contribution in [2.45, 2.75) is 121 Å². The maximum atomic E-state index is 11.8. The molecule has 4 aliphatic rings. The second kappa shape index (κ2) is 7.63. The van der Waals surface area contributed by atoms with Crippen molar-refractivity contribution in [2.24, 2.45) is 0 Å². The molecule has 0 saturated carbocycles. The Hall–Kier alpha value is -0.850. The second-order valence-corrected chi connectivity index (χ2v) is 9.25. The highest BCUT2D eigenvalue weighted by atomic mass is 16.8. The first kappa shape index (κ1) is 22.3. The third kappa shape index (κ3) is 4.12. The van der Waals surface area contributed by atoms with E-state index in [2.05, 4.69) is 0 Å². The van der Waals surface area contributed by atoms with Crippen LogP contribution in [0.2, 0.25) is 0 Å². The lowest BCUT2D eigenvalue weighted by Crippen LogP contribution is -2.62. The average molecular weight is 432 g/mol. The fraction of sp³-hybridized carbons (Fsp3) is 0.950. The topological polar surface area (TPSA) is 111 Å². The van der Waals surface area contributed by atoms with Gasteiger partial charge in [0.2, 0.25) is 0 Å². The molecule has 0 radical (unpaired) electrons. The van der Waals surface area contributed by atoms with Crippen molar-refractivity contribution in [3.05, 3.63) is 0 Å². The van der Waals surface area contributed by atoms with E-state index in [0.717, 1.165) is 0 Å². The predicted octanol–water partition coefficient (Wildman–Crippen LogP) is 0.825. The molecule has 0 amide bonds. The predicted molar refractivity (Wildman–Crippen MR) is 99.0 cm³/mol. The zero-order chi connectivity index (χ0) is 22.0. The van der Waals surface area contributed by atoms with Crippen LogP contribution in [-0.4, -0.2) is 84.1 Å². The zero-order valence-electron chi connectivity index (χ0n) is 18.4. The van der Waals surface area contributed by atoms with Crippen molar-refractivity contribution in [1.82, 2.24) is 0 Å². The van der Waals surface area contributed by atoms with Gasteiger partial charge in [-0.1, -0.05) is 0 Å². The molecule has 4 aliphatic heterocycles. The molecule has 4 heterocycles. The van der Waals surface area contributed by atoms with Crippen molar-refractivity contribution < 1.29 is 47.8 Å². The molecule has 0 unspecified atom stereocenters. The van der Waals surface area contributed by atoms with Crippen molar-refractivity contribution in [3.8, 4) is 0 Å². The Kier molecular flexibility index (Phi) is 5.68. The Morgan fingerprint density at radius 3 is 1.80 bits per heavy atom. The Bertz CT molecular complexity index is 666. The van der Waals surface area contributed by atoms with Crippen LogP contribution in [0.5, 0.6) is 0 Å². The molecule has 4 rings (SSSR count). The summed E-state index contributed by atoms with van der Waals surface area (Å²) in [6, 6.07) is 0. The van der Waals surface area contributed by atoms with Gasteiger partial charge in [-0.3, -0.25) is 4.79 Å². The summed E-state index contributed by atoms with van der Waals surface area (Å²) in [4.78, 5) is 11.8. The molecule has 0 aromatic heterocycles. The van der Waals surface area contributed by atoms with Gasteiger partial charge in [-0.05, 0) is 41.5 Å². The van der Waals surface area contributed by atoms with Gasteiger partial charge < -0.3 is 43.0 Å². The van der Waals surface area contributed by atoms with Crippen molar-refractivity contribution in [3.63, 3.8) is 0 Å². The van der Waals surface area contributed by atoms with Gasteiger partial charge in [-0.2, -0.15) is 0 Å². The van der Waals surface area contributed by atoms with E-state index in [1.165, 1.54) is 6.92 Å². The summed E-state index contributed by atoms with van der Waals surface area (Å²) in [5.74, 6) is -2.22. The minimum Gasteiger partial charge on any atom is -0.454 e. The third-order valence-electron chi connectivity index (χ3n) is 5.75. The Balaban J connectivity index is 1.58. The van der Waals surface area contributed by atoms with Crippen molar-refractivity contribution in [2.75, 3.05) is 0 Å². The summed E-state index contributed by atoms with van der Waals surface area (Å²) in [5.41, 5.74) is 0. The average Bonchev–Trinajstić information content (AvgIpc) is 3.10. The quantitative estimate of drug-likeness (QED) is 0.644. The number of fused-ring (bicyclic) bond motifs is 2. The number of hydrogen-bond donors (Lipinski definition) is 1. The van der Waals surface area contributed by atoms with Crippen molar-refractivity contribution >= 4 is 5.97 Å². The van der Waals surface area contributed by atoms with E-state index in [9.17, 15) is 9.90 Å². The van der Waals surface area contributed by atoms with Crippen LogP contribution in [0.15, 0.2) is 0 Å². The van der Waals surface area contributed by atoms with Gasteiger partial charge in [0, 0.05) is 6.92 Å². The van der Waals surface area contributed by atoms with E-state index in [0.29, 0.717) is 0 Å². The maximum Gasteiger partial charge on any atom is 0.303 e. The molecule has 4 fully saturated rings. The van der Waals surface area contributed by atoms with Crippen LogP contribution in [0.4, 0.5) is 0 Å². The molecular formula is C20H32O10. The number of aliphatic hydroxyl groups excluding tert-OH is 1. The number of aliphatic hydroxyl groups is 1. The Labute approximate surface area is 176 Å². The first-order valence-electron chi connectivity index (χ1n) is 10.4. The number of carbonyl (C=O) groups excluding carboxylic acids is 1. The molecule has 172 valence electrons. The summed E-state index contributed by atoms with van der Waals surface area (Å²) in [6.07, 6.45) is -6.95. The van der Waals surface area contributed by atoms with E-state index >= 15 is 0 Å². The molecule has 0 aliphatic carbocycles. The van der Waals surface area contributed by atoms with Crippen molar-refractivity contribution in [1.29, 1.82) is 0 Å². The first-order valence-corrected chi connectivity index (χ1v) is 10.4. The lowest BCUT2D eigenvalue weighted by Gasteiger charge is -2.44. The minimum atomic E-state index is -1.27. The van der Waals surface area contributed by atoms with E-state index in [4.69, 9.17) is 37.9 Å². The Morgan fingerprint density at radius 1 is 0.800 bits per heavy atom. The normalized spacial score (nSPS) is 49.3. The van der Waals surface area contributed by atoms with Gasteiger partial charge in [-0.15, -0.1) is 0 Å². The standard InChI is InChI=1S/C20H32O10/c1-8-11-13(29-19(4,5)27-11)15(17(22)23-8)26-18-16(25-10(3)21)14-12(9(2)24-18)28-20(6,7)30-14/h8-9,11-18,22H,1-7H3/t8-,9-,11+,12+,13+,14+,15-,16-,17-,18-/m0/s1. The van der Waals surface area contributed by atoms with E-state index in [1.807, 2.05) is 6.92 Å². The second-order valence-electron chi connectivity index (χ2n) is 9.25. The monoisotopic (exact) mass is 432 g/mol. The van der Waals surface area contributed by atoms with Gasteiger partial charge >= 0.3 is 5.97 Å². The number of rotatable bonds is 3. The zero-order valence-corrected chi connectivity index (χ0v) is 18.4. The molecule has 0 aromatic rings.